The zero-order chi connectivity index (χ0) is 12.7. The SMILES string of the molecule is CC(C)C1CCCN1c1ccc(N)c2nonc12. The first-order valence-electron chi connectivity index (χ1n) is 6.46. The lowest BCUT2D eigenvalue weighted by atomic mass is 10.0. The van der Waals surface area contributed by atoms with Crippen molar-refractivity contribution in [3.63, 3.8) is 0 Å². The topological polar surface area (TPSA) is 68.2 Å². The Balaban J connectivity index is 2.09. The van der Waals surface area contributed by atoms with Crippen LogP contribution >= 0.6 is 0 Å². The van der Waals surface area contributed by atoms with Crippen molar-refractivity contribution in [1.29, 1.82) is 0 Å². The molecule has 96 valence electrons. The van der Waals surface area contributed by atoms with Crippen LogP contribution in [0.1, 0.15) is 26.7 Å². The average molecular weight is 246 g/mol. The molecule has 1 unspecified atom stereocenters. The van der Waals surface area contributed by atoms with Crippen LogP contribution in [0.15, 0.2) is 16.8 Å². The zero-order valence-corrected chi connectivity index (χ0v) is 10.8. The first-order valence-corrected chi connectivity index (χ1v) is 6.46. The van der Waals surface area contributed by atoms with E-state index in [9.17, 15) is 0 Å². The van der Waals surface area contributed by atoms with Crippen LogP contribution in [0.5, 0.6) is 0 Å². The Morgan fingerprint density at radius 3 is 2.89 bits per heavy atom. The molecule has 5 heteroatoms. The Hall–Kier alpha value is -1.78. The lowest BCUT2D eigenvalue weighted by Crippen LogP contribution is -2.33. The fraction of sp³-hybridized carbons (Fsp3) is 0.538. The summed E-state index contributed by atoms with van der Waals surface area (Å²) in [6.07, 6.45) is 2.45. The molecule has 1 aliphatic rings. The lowest BCUT2D eigenvalue weighted by molar-refractivity contribution is 0.315. The number of rotatable bonds is 2. The minimum absolute atomic E-state index is 0.563. The van der Waals surface area contributed by atoms with Crippen molar-refractivity contribution in [2.24, 2.45) is 5.92 Å². The van der Waals surface area contributed by atoms with Gasteiger partial charge in [0, 0.05) is 12.6 Å². The smallest absolute Gasteiger partial charge is 0.160 e. The molecule has 1 atom stereocenters. The zero-order valence-electron chi connectivity index (χ0n) is 10.8. The van der Waals surface area contributed by atoms with Gasteiger partial charge in [0.1, 0.15) is 0 Å². The third-order valence-corrected chi connectivity index (χ3v) is 3.80. The van der Waals surface area contributed by atoms with Crippen LogP contribution in [0, 0.1) is 5.92 Å². The first-order chi connectivity index (χ1) is 8.68. The van der Waals surface area contributed by atoms with Gasteiger partial charge in [-0.25, -0.2) is 4.63 Å². The third kappa shape index (κ3) is 1.62. The lowest BCUT2D eigenvalue weighted by Gasteiger charge is -2.29. The maximum absolute atomic E-state index is 5.88. The summed E-state index contributed by atoms with van der Waals surface area (Å²) in [5.41, 5.74) is 9.04. The summed E-state index contributed by atoms with van der Waals surface area (Å²) in [6.45, 7) is 5.59. The van der Waals surface area contributed by atoms with Crippen LogP contribution < -0.4 is 10.6 Å². The number of hydrogen-bond acceptors (Lipinski definition) is 5. The third-order valence-electron chi connectivity index (χ3n) is 3.80. The van der Waals surface area contributed by atoms with Crippen molar-refractivity contribution >= 4 is 22.4 Å². The van der Waals surface area contributed by atoms with Gasteiger partial charge in [0.25, 0.3) is 0 Å². The second-order valence-electron chi connectivity index (χ2n) is 5.28. The molecule has 1 aliphatic heterocycles. The molecule has 2 aromatic rings. The maximum atomic E-state index is 5.88. The van der Waals surface area contributed by atoms with E-state index in [1.165, 1.54) is 12.8 Å². The van der Waals surface area contributed by atoms with Gasteiger partial charge in [0.15, 0.2) is 11.0 Å². The van der Waals surface area contributed by atoms with Crippen molar-refractivity contribution in [2.75, 3.05) is 17.2 Å². The molecule has 0 amide bonds. The Morgan fingerprint density at radius 1 is 1.33 bits per heavy atom. The van der Waals surface area contributed by atoms with Crippen molar-refractivity contribution in [1.82, 2.24) is 10.3 Å². The van der Waals surface area contributed by atoms with Crippen LogP contribution in [-0.2, 0) is 0 Å². The van der Waals surface area contributed by atoms with E-state index in [1.807, 2.05) is 12.1 Å². The van der Waals surface area contributed by atoms with Gasteiger partial charge in [-0.1, -0.05) is 13.8 Å². The van der Waals surface area contributed by atoms with Crippen LogP contribution in [0.2, 0.25) is 0 Å². The summed E-state index contributed by atoms with van der Waals surface area (Å²) in [4.78, 5) is 2.41. The van der Waals surface area contributed by atoms with Crippen molar-refractivity contribution in [2.45, 2.75) is 32.7 Å². The maximum Gasteiger partial charge on any atom is 0.160 e. The second kappa shape index (κ2) is 4.15. The van der Waals surface area contributed by atoms with Crippen LogP contribution in [0.3, 0.4) is 0 Å². The second-order valence-corrected chi connectivity index (χ2v) is 5.28. The molecular weight excluding hydrogens is 228 g/mol. The number of nitrogens with two attached hydrogens (primary N) is 1. The Bertz CT molecular complexity index is 563. The van der Waals surface area contributed by atoms with Crippen LogP contribution in [-0.4, -0.2) is 22.9 Å². The highest BCUT2D eigenvalue weighted by molar-refractivity contribution is 5.95. The molecule has 1 aromatic carbocycles. The summed E-state index contributed by atoms with van der Waals surface area (Å²) in [7, 11) is 0. The van der Waals surface area contributed by atoms with Gasteiger partial charge in [-0.05, 0) is 41.2 Å². The van der Waals surface area contributed by atoms with Gasteiger partial charge < -0.3 is 10.6 Å². The van der Waals surface area contributed by atoms with Gasteiger partial charge in [0.2, 0.25) is 0 Å². The fourth-order valence-corrected chi connectivity index (χ4v) is 2.89. The molecule has 0 aliphatic carbocycles. The number of nitrogen functional groups attached to an aromatic ring is 1. The monoisotopic (exact) mass is 246 g/mol. The molecular formula is C13H18N4O. The normalized spacial score (nSPS) is 20.2. The van der Waals surface area contributed by atoms with E-state index in [2.05, 4.69) is 29.1 Å². The number of benzene rings is 1. The van der Waals surface area contributed by atoms with E-state index in [0.717, 1.165) is 17.7 Å². The predicted molar refractivity (Wildman–Crippen MR) is 71.4 cm³/mol. The van der Waals surface area contributed by atoms with E-state index >= 15 is 0 Å². The summed E-state index contributed by atoms with van der Waals surface area (Å²) >= 11 is 0. The molecule has 3 rings (SSSR count). The molecule has 2 N–H and O–H groups in total. The number of aromatic nitrogens is 2. The highest BCUT2D eigenvalue weighted by atomic mass is 16.6. The summed E-state index contributed by atoms with van der Waals surface area (Å²) < 4.78 is 4.84. The molecule has 18 heavy (non-hydrogen) atoms. The van der Waals surface area contributed by atoms with Crippen molar-refractivity contribution < 1.29 is 4.63 Å². The van der Waals surface area contributed by atoms with E-state index in [0.29, 0.717) is 23.2 Å². The minimum atomic E-state index is 0.563. The molecule has 1 fully saturated rings. The number of hydrogen-bond donors (Lipinski definition) is 1. The highest BCUT2D eigenvalue weighted by Gasteiger charge is 2.29. The van der Waals surface area contributed by atoms with Gasteiger partial charge in [-0.2, -0.15) is 0 Å². The van der Waals surface area contributed by atoms with Gasteiger partial charge in [-0.15, -0.1) is 0 Å². The number of fused-ring (bicyclic) bond motifs is 1. The Labute approximate surface area is 106 Å². The standard InChI is InChI=1S/C13H18N4O/c1-8(2)10-4-3-7-17(10)11-6-5-9(14)12-13(11)16-18-15-12/h5-6,8,10H,3-4,7,14H2,1-2H3. The molecule has 5 nitrogen and oxygen atoms in total. The van der Waals surface area contributed by atoms with Crippen LogP contribution in [0.4, 0.5) is 11.4 Å². The van der Waals surface area contributed by atoms with Gasteiger partial charge >= 0.3 is 0 Å². The fourth-order valence-electron chi connectivity index (χ4n) is 2.89. The molecule has 1 saturated heterocycles. The molecule has 2 heterocycles. The number of anilines is 2. The summed E-state index contributed by atoms with van der Waals surface area (Å²) in [5.74, 6) is 0.625. The minimum Gasteiger partial charge on any atom is -0.397 e. The van der Waals surface area contributed by atoms with Crippen molar-refractivity contribution in [3.05, 3.63) is 12.1 Å². The molecule has 0 saturated carbocycles. The van der Waals surface area contributed by atoms with E-state index in [4.69, 9.17) is 10.4 Å². The predicted octanol–water partition coefficient (Wildman–Crippen LogP) is 2.43. The molecule has 0 spiro atoms. The average Bonchev–Trinajstić information content (AvgIpc) is 2.97. The van der Waals surface area contributed by atoms with Crippen LogP contribution in [0.25, 0.3) is 11.0 Å². The largest absolute Gasteiger partial charge is 0.397 e. The van der Waals surface area contributed by atoms with E-state index < -0.39 is 0 Å². The summed E-state index contributed by atoms with van der Waals surface area (Å²) in [5, 5.41) is 7.89. The van der Waals surface area contributed by atoms with E-state index in [-0.39, 0.29) is 0 Å². The Kier molecular flexibility index (Phi) is 2.61. The molecule has 1 aromatic heterocycles. The highest BCUT2D eigenvalue weighted by Crippen LogP contribution is 2.35. The van der Waals surface area contributed by atoms with E-state index in [1.54, 1.807) is 0 Å². The number of nitrogens with zero attached hydrogens (tertiary/aromatic N) is 3. The van der Waals surface area contributed by atoms with Crippen molar-refractivity contribution in [3.8, 4) is 0 Å². The van der Waals surface area contributed by atoms with Gasteiger partial charge in [0.05, 0.1) is 11.4 Å². The summed E-state index contributed by atoms with van der Waals surface area (Å²) in [6, 6.07) is 4.48. The van der Waals surface area contributed by atoms with Gasteiger partial charge in [-0.3, -0.25) is 0 Å². The molecule has 0 radical (unpaired) electrons. The molecule has 0 bridgehead atoms. The quantitative estimate of drug-likeness (QED) is 0.824. The first kappa shape index (κ1) is 11.3. The Morgan fingerprint density at radius 2 is 2.11 bits per heavy atom.